The van der Waals surface area contributed by atoms with E-state index in [1.165, 1.54) is 43.6 Å². The van der Waals surface area contributed by atoms with Crippen molar-refractivity contribution >= 4 is 58.3 Å². The molecule has 51 heavy (non-hydrogen) atoms. The predicted octanol–water partition coefficient (Wildman–Crippen LogP) is 7.17. The highest BCUT2D eigenvalue weighted by atomic mass is 16.5. The number of nitrogens with zero attached hydrogens (tertiary/aromatic N) is 2. The first kappa shape index (κ1) is 34.6. The third-order valence-electron chi connectivity index (χ3n) is 10.00. The van der Waals surface area contributed by atoms with Crippen molar-refractivity contribution in [3.63, 3.8) is 0 Å². The van der Waals surface area contributed by atoms with E-state index in [2.05, 4.69) is 94.7 Å². The molecule has 0 bridgehead atoms. The van der Waals surface area contributed by atoms with E-state index >= 15 is 0 Å². The molecule has 0 saturated carbocycles. The van der Waals surface area contributed by atoms with E-state index in [0.29, 0.717) is 24.3 Å². The summed E-state index contributed by atoms with van der Waals surface area (Å²) in [5, 5.41) is 37.2. The van der Waals surface area contributed by atoms with Gasteiger partial charge in [0.15, 0.2) is 0 Å². The number of hydrogen-bond donors (Lipinski definition) is 3. The van der Waals surface area contributed by atoms with Crippen molar-refractivity contribution in [3.05, 3.63) is 150 Å². The molecule has 0 aliphatic heterocycles. The summed E-state index contributed by atoms with van der Waals surface area (Å²) in [6, 6.07) is 46.2. The molecule has 0 spiro atoms. The number of para-hydroxylation sites is 1. The molecule has 6 nitrogen and oxygen atoms in total. The Balaban J connectivity index is 1.06. The molecule has 0 saturated heterocycles. The summed E-state index contributed by atoms with van der Waals surface area (Å²) in [5.74, 6) is 0.705. The molecule has 0 aliphatic rings. The first-order chi connectivity index (χ1) is 25.1. The molecular formula is C43H44B2N2O4. The van der Waals surface area contributed by atoms with Crippen LogP contribution < -0.4 is 15.0 Å². The SMILES string of the molecule is OBOc1ccccc1CN(CCCCCCN(Cc1ccccc1)Cc1ccccc1B(O)O)c1cc2ccc3cccc4ccc(c1)c2c34. The van der Waals surface area contributed by atoms with Crippen LogP contribution in [0.15, 0.2) is 133 Å². The second-order valence-corrected chi connectivity index (χ2v) is 13.5. The Morgan fingerprint density at radius 3 is 1.86 bits per heavy atom. The number of benzene rings is 7. The molecule has 8 heteroatoms. The van der Waals surface area contributed by atoms with Gasteiger partial charge in [0.25, 0.3) is 0 Å². The lowest BCUT2D eigenvalue weighted by molar-refractivity contribution is 0.250. The van der Waals surface area contributed by atoms with Crippen LogP contribution in [0.4, 0.5) is 5.69 Å². The summed E-state index contributed by atoms with van der Waals surface area (Å²) in [6.45, 7) is 3.92. The van der Waals surface area contributed by atoms with Crippen molar-refractivity contribution in [3.8, 4) is 5.75 Å². The van der Waals surface area contributed by atoms with Crippen molar-refractivity contribution in [2.45, 2.75) is 45.3 Å². The zero-order valence-electron chi connectivity index (χ0n) is 29.0. The first-order valence-electron chi connectivity index (χ1n) is 18.0. The number of hydrogen-bond acceptors (Lipinski definition) is 6. The fourth-order valence-corrected chi connectivity index (χ4v) is 7.49. The van der Waals surface area contributed by atoms with Crippen molar-refractivity contribution in [1.29, 1.82) is 0 Å². The van der Waals surface area contributed by atoms with Gasteiger partial charge in [0, 0.05) is 37.4 Å². The minimum absolute atomic E-state index is 0.356. The Bertz CT molecular complexity index is 2110. The van der Waals surface area contributed by atoms with E-state index in [9.17, 15) is 15.1 Å². The summed E-state index contributed by atoms with van der Waals surface area (Å²) in [7, 11) is -1.84. The molecule has 0 atom stereocenters. The first-order valence-corrected chi connectivity index (χ1v) is 18.0. The van der Waals surface area contributed by atoms with Crippen LogP contribution >= 0.6 is 0 Å². The molecule has 3 N–H and O–H groups in total. The number of anilines is 1. The van der Waals surface area contributed by atoms with Crippen molar-refractivity contribution in [2.75, 3.05) is 18.0 Å². The zero-order valence-corrected chi connectivity index (χ0v) is 29.0. The third kappa shape index (κ3) is 8.22. The highest BCUT2D eigenvalue weighted by Gasteiger charge is 2.18. The van der Waals surface area contributed by atoms with E-state index < -0.39 is 7.12 Å². The molecule has 0 amide bonds. The van der Waals surface area contributed by atoms with Gasteiger partial charge < -0.3 is 24.6 Å². The van der Waals surface area contributed by atoms with Crippen LogP contribution in [-0.4, -0.2) is 47.9 Å². The summed E-state index contributed by atoms with van der Waals surface area (Å²) in [6.07, 6.45) is 4.26. The monoisotopic (exact) mass is 674 g/mol. The topological polar surface area (TPSA) is 76.4 Å². The Labute approximate surface area is 301 Å². The van der Waals surface area contributed by atoms with Crippen LogP contribution in [0.5, 0.6) is 5.75 Å². The van der Waals surface area contributed by atoms with E-state index in [4.69, 9.17) is 4.65 Å². The van der Waals surface area contributed by atoms with Crippen molar-refractivity contribution in [1.82, 2.24) is 4.90 Å². The van der Waals surface area contributed by atoms with Gasteiger partial charge in [0.1, 0.15) is 5.75 Å². The molecule has 0 fully saturated rings. The highest BCUT2D eigenvalue weighted by Crippen LogP contribution is 2.37. The van der Waals surface area contributed by atoms with E-state index in [-0.39, 0.29) is 7.69 Å². The second-order valence-electron chi connectivity index (χ2n) is 13.5. The minimum Gasteiger partial charge on any atom is -0.539 e. The smallest absolute Gasteiger partial charge is 0.504 e. The summed E-state index contributed by atoms with van der Waals surface area (Å²) in [5.41, 5.74) is 4.97. The van der Waals surface area contributed by atoms with Gasteiger partial charge in [-0.2, -0.15) is 0 Å². The fourth-order valence-electron chi connectivity index (χ4n) is 7.49. The average molecular weight is 674 g/mol. The summed E-state index contributed by atoms with van der Waals surface area (Å²) < 4.78 is 5.62. The van der Waals surface area contributed by atoms with Crippen LogP contribution in [0.25, 0.3) is 32.3 Å². The minimum atomic E-state index is -1.49. The third-order valence-corrected chi connectivity index (χ3v) is 10.00. The van der Waals surface area contributed by atoms with Gasteiger partial charge in [-0.1, -0.05) is 128 Å². The fraction of sp³-hybridized carbons (Fsp3) is 0.209. The van der Waals surface area contributed by atoms with Crippen molar-refractivity contribution < 1.29 is 19.7 Å². The van der Waals surface area contributed by atoms with Gasteiger partial charge >= 0.3 is 14.8 Å². The van der Waals surface area contributed by atoms with Gasteiger partial charge in [0.2, 0.25) is 0 Å². The molecule has 7 rings (SSSR count). The second kappa shape index (κ2) is 16.4. The Kier molecular flexibility index (Phi) is 11.2. The maximum absolute atomic E-state index is 9.98. The molecule has 7 aromatic carbocycles. The van der Waals surface area contributed by atoms with Crippen LogP contribution in [0.2, 0.25) is 0 Å². The van der Waals surface area contributed by atoms with Gasteiger partial charge in [-0.15, -0.1) is 0 Å². The molecule has 0 aliphatic carbocycles. The quantitative estimate of drug-likeness (QED) is 0.0541. The molecule has 0 radical (unpaired) electrons. The van der Waals surface area contributed by atoms with E-state index in [1.807, 2.05) is 42.5 Å². The number of unbranched alkanes of at least 4 members (excludes halogenated alkanes) is 3. The maximum Gasteiger partial charge on any atom is 0.504 e. The Morgan fingerprint density at radius 2 is 1.16 bits per heavy atom. The van der Waals surface area contributed by atoms with Gasteiger partial charge in [-0.25, -0.2) is 0 Å². The predicted molar refractivity (Wildman–Crippen MR) is 213 cm³/mol. The highest BCUT2D eigenvalue weighted by molar-refractivity contribution is 6.59. The van der Waals surface area contributed by atoms with Crippen LogP contribution in [-0.2, 0) is 19.6 Å². The molecular weight excluding hydrogens is 630 g/mol. The molecule has 0 aromatic heterocycles. The van der Waals surface area contributed by atoms with Crippen molar-refractivity contribution in [2.24, 2.45) is 0 Å². The van der Waals surface area contributed by atoms with Crippen LogP contribution in [0.1, 0.15) is 42.4 Å². The van der Waals surface area contributed by atoms with Crippen LogP contribution in [0, 0.1) is 0 Å². The summed E-state index contributed by atoms with van der Waals surface area (Å²) >= 11 is 0. The Hall–Kier alpha value is -4.85. The summed E-state index contributed by atoms with van der Waals surface area (Å²) in [4.78, 5) is 4.86. The number of rotatable bonds is 17. The zero-order chi connectivity index (χ0) is 35.0. The lowest BCUT2D eigenvalue weighted by Crippen LogP contribution is -2.36. The molecule has 7 aromatic rings. The lowest BCUT2D eigenvalue weighted by atomic mass is 9.77. The largest absolute Gasteiger partial charge is 0.539 e. The average Bonchev–Trinajstić information content (AvgIpc) is 3.16. The van der Waals surface area contributed by atoms with E-state index in [0.717, 1.165) is 56.4 Å². The van der Waals surface area contributed by atoms with Gasteiger partial charge in [0.05, 0.1) is 0 Å². The van der Waals surface area contributed by atoms with E-state index in [1.54, 1.807) is 6.07 Å². The van der Waals surface area contributed by atoms with Gasteiger partial charge in [-0.05, 0) is 86.5 Å². The normalized spacial score (nSPS) is 11.5. The molecule has 0 heterocycles. The molecule has 0 unspecified atom stereocenters. The molecule has 256 valence electrons. The standard InChI is InChI=1S/C43H44B2N2O4/c48-44-51-41-20-9-7-16-38(41)31-47(39-27-35-23-21-33-17-12-18-34-22-24-36(28-39)43(35)42(33)34)26-11-2-1-10-25-46(29-32-13-4-3-5-14-32)30-37-15-6-8-19-40(37)45(49)50/h3-9,12-24,27-28,44,48-50H,1-2,10-11,25-26,29-31H2. The Morgan fingerprint density at radius 1 is 0.549 bits per heavy atom. The maximum atomic E-state index is 9.98. The lowest BCUT2D eigenvalue weighted by Gasteiger charge is -2.27. The van der Waals surface area contributed by atoms with Gasteiger partial charge in [-0.3, -0.25) is 4.90 Å². The van der Waals surface area contributed by atoms with Crippen LogP contribution in [0.3, 0.4) is 0 Å².